The first-order valence-corrected chi connectivity index (χ1v) is 16.1. The smallest absolute Gasteiger partial charge is 0.147 e. The van der Waals surface area contributed by atoms with E-state index in [2.05, 4.69) is 167 Å². The Balaban J connectivity index is 1.40. The lowest BCUT2D eigenvalue weighted by molar-refractivity contribution is 0.397. The largest absolute Gasteiger partial charge is 0.497 e. The van der Waals surface area contributed by atoms with Gasteiger partial charge in [0.1, 0.15) is 11.5 Å². The van der Waals surface area contributed by atoms with Crippen molar-refractivity contribution in [3.05, 3.63) is 170 Å². The molecule has 0 aliphatic rings. The third-order valence-corrected chi connectivity index (χ3v) is 8.98. The summed E-state index contributed by atoms with van der Waals surface area (Å²) in [7, 11) is 3.42. The van der Waals surface area contributed by atoms with E-state index in [1.807, 2.05) is 12.1 Å². The Morgan fingerprint density at radius 1 is 0.479 bits per heavy atom. The number of para-hydroxylation sites is 1. The highest BCUT2D eigenvalue weighted by Gasteiger charge is 2.24. The van der Waals surface area contributed by atoms with Gasteiger partial charge in [-0.25, -0.2) is 0 Å². The van der Waals surface area contributed by atoms with E-state index in [0.717, 1.165) is 56.1 Å². The fourth-order valence-corrected chi connectivity index (χ4v) is 6.71. The maximum absolute atomic E-state index is 6.03. The first-order valence-electron chi connectivity index (χ1n) is 16.1. The minimum absolute atomic E-state index is 0.743. The lowest BCUT2D eigenvalue weighted by Crippen LogP contribution is -2.10. The number of fused-ring (bicyclic) bond motifs is 3. The lowest BCUT2D eigenvalue weighted by atomic mass is 10.0. The first kappa shape index (κ1) is 29.2. The van der Waals surface area contributed by atoms with Crippen molar-refractivity contribution < 1.29 is 9.47 Å². The third kappa shape index (κ3) is 5.14. The van der Waals surface area contributed by atoms with Crippen molar-refractivity contribution in [3.8, 4) is 39.4 Å². The molecule has 0 spiro atoms. The van der Waals surface area contributed by atoms with Gasteiger partial charge in [-0.2, -0.15) is 0 Å². The summed E-state index contributed by atoms with van der Waals surface area (Å²) in [5.74, 6) is 1.49. The zero-order chi connectivity index (χ0) is 32.5. The summed E-state index contributed by atoms with van der Waals surface area (Å²) in [6.07, 6.45) is 0. The monoisotopic (exact) mass is 622 g/mol. The Bertz CT molecular complexity index is 2250. The normalized spacial score (nSPS) is 11.1. The number of hydrogen-bond acceptors (Lipinski definition) is 3. The molecule has 7 aromatic carbocycles. The maximum atomic E-state index is 6.03. The van der Waals surface area contributed by atoms with Crippen molar-refractivity contribution in [2.24, 2.45) is 0 Å². The van der Waals surface area contributed by atoms with Crippen LogP contribution < -0.4 is 14.4 Å². The molecule has 0 amide bonds. The molecule has 0 atom stereocenters. The van der Waals surface area contributed by atoms with Gasteiger partial charge in [-0.05, 0) is 76.9 Å². The van der Waals surface area contributed by atoms with Crippen LogP contribution in [-0.2, 0) is 0 Å². The molecule has 1 heterocycles. The number of nitrogens with zero attached hydrogens (tertiary/aromatic N) is 2. The van der Waals surface area contributed by atoms with E-state index < -0.39 is 0 Å². The number of aromatic nitrogens is 1. The molecule has 0 bridgehead atoms. The molecule has 0 radical (unpaired) electrons. The van der Waals surface area contributed by atoms with Crippen LogP contribution in [0.2, 0.25) is 0 Å². The highest BCUT2D eigenvalue weighted by molar-refractivity contribution is 6.18. The van der Waals surface area contributed by atoms with E-state index in [1.165, 1.54) is 22.3 Å². The van der Waals surface area contributed by atoms with Gasteiger partial charge in [0.15, 0.2) is 0 Å². The molecule has 0 fully saturated rings. The fraction of sp³-hybridized carbons (Fsp3) is 0.0455. The SMILES string of the molecule is COc1cc(OC)c2c(c1)c1c(N(c3ccc(-c4ccccc4)cc3)c3ccc(-c4ccccc4)cc3)cccc1n2-c1ccccc1. The Morgan fingerprint density at radius 3 is 1.52 bits per heavy atom. The van der Waals surface area contributed by atoms with Crippen molar-refractivity contribution >= 4 is 38.9 Å². The van der Waals surface area contributed by atoms with Crippen molar-refractivity contribution in [2.75, 3.05) is 19.1 Å². The topological polar surface area (TPSA) is 26.6 Å². The molecule has 0 saturated heterocycles. The quantitative estimate of drug-likeness (QED) is 0.169. The summed E-state index contributed by atoms with van der Waals surface area (Å²) in [5, 5.41) is 2.15. The Kier molecular flexibility index (Phi) is 7.60. The molecular weight excluding hydrogens is 588 g/mol. The Hall–Kier alpha value is -6.26. The second-order valence-electron chi connectivity index (χ2n) is 11.7. The average Bonchev–Trinajstić information content (AvgIpc) is 3.51. The van der Waals surface area contributed by atoms with Gasteiger partial charge in [0, 0.05) is 33.9 Å². The third-order valence-electron chi connectivity index (χ3n) is 8.98. The van der Waals surface area contributed by atoms with Gasteiger partial charge in [-0.3, -0.25) is 0 Å². The summed E-state index contributed by atoms with van der Waals surface area (Å²) in [6.45, 7) is 0. The molecule has 1 aromatic heterocycles. The molecule has 0 aliphatic heterocycles. The van der Waals surface area contributed by atoms with Crippen LogP contribution in [-0.4, -0.2) is 18.8 Å². The predicted molar refractivity (Wildman–Crippen MR) is 199 cm³/mol. The van der Waals surface area contributed by atoms with E-state index >= 15 is 0 Å². The standard InChI is InChI=1S/C44H34N2O2/c1-47-38-29-39-43-40(19-12-20-41(43)46(35-17-10-5-11-18-35)44(39)42(30-38)48-2)45(36-25-21-33(22-26-36)31-13-6-3-7-14-31)37-27-23-34(24-28-37)32-15-8-4-9-16-32/h3-30H,1-2H3. The summed E-state index contributed by atoms with van der Waals surface area (Å²) in [5.41, 5.74) is 11.0. The second-order valence-corrected chi connectivity index (χ2v) is 11.7. The number of ether oxygens (including phenoxy) is 2. The van der Waals surface area contributed by atoms with Crippen molar-refractivity contribution in [2.45, 2.75) is 0 Å². The minimum atomic E-state index is 0.743. The molecule has 8 rings (SSSR count). The van der Waals surface area contributed by atoms with Crippen LogP contribution in [0.4, 0.5) is 17.1 Å². The van der Waals surface area contributed by atoms with Gasteiger partial charge in [0.25, 0.3) is 0 Å². The number of methoxy groups -OCH3 is 2. The molecule has 0 saturated carbocycles. The highest BCUT2D eigenvalue weighted by atomic mass is 16.5. The van der Waals surface area contributed by atoms with Gasteiger partial charge in [-0.15, -0.1) is 0 Å². The van der Waals surface area contributed by atoms with Crippen LogP contribution in [0.3, 0.4) is 0 Å². The van der Waals surface area contributed by atoms with Crippen LogP contribution in [0.1, 0.15) is 0 Å². The molecule has 48 heavy (non-hydrogen) atoms. The molecule has 4 heteroatoms. The minimum Gasteiger partial charge on any atom is -0.497 e. The lowest BCUT2D eigenvalue weighted by Gasteiger charge is -2.27. The number of anilines is 3. The molecular formula is C44H34N2O2. The van der Waals surface area contributed by atoms with Crippen LogP contribution >= 0.6 is 0 Å². The highest BCUT2D eigenvalue weighted by Crippen LogP contribution is 2.47. The molecule has 232 valence electrons. The van der Waals surface area contributed by atoms with E-state index in [-0.39, 0.29) is 0 Å². The molecule has 0 aliphatic carbocycles. The predicted octanol–water partition coefficient (Wildman–Crippen LogP) is 11.6. The molecule has 0 unspecified atom stereocenters. The van der Waals surface area contributed by atoms with Gasteiger partial charge in [0.05, 0.1) is 30.9 Å². The molecule has 4 nitrogen and oxygen atoms in total. The number of benzene rings is 7. The van der Waals surface area contributed by atoms with Gasteiger partial charge >= 0.3 is 0 Å². The zero-order valence-corrected chi connectivity index (χ0v) is 26.9. The van der Waals surface area contributed by atoms with E-state index in [4.69, 9.17) is 9.47 Å². The molecule has 8 aromatic rings. The van der Waals surface area contributed by atoms with Crippen LogP contribution in [0.5, 0.6) is 11.5 Å². The van der Waals surface area contributed by atoms with Crippen molar-refractivity contribution in [3.63, 3.8) is 0 Å². The number of hydrogen-bond donors (Lipinski definition) is 0. The molecule has 0 N–H and O–H groups in total. The Morgan fingerprint density at radius 2 is 1.00 bits per heavy atom. The van der Waals surface area contributed by atoms with Gasteiger partial charge < -0.3 is 18.9 Å². The summed E-state index contributed by atoms with van der Waals surface area (Å²) < 4.78 is 14.1. The van der Waals surface area contributed by atoms with Crippen LogP contribution in [0, 0.1) is 0 Å². The second kappa shape index (κ2) is 12.5. The summed E-state index contributed by atoms with van der Waals surface area (Å²) in [4.78, 5) is 2.35. The van der Waals surface area contributed by atoms with Gasteiger partial charge in [0.2, 0.25) is 0 Å². The van der Waals surface area contributed by atoms with Gasteiger partial charge in [-0.1, -0.05) is 109 Å². The van der Waals surface area contributed by atoms with Crippen LogP contribution in [0.15, 0.2) is 170 Å². The number of rotatable bonds is 8. The summed E-state index contributed by atoms with van der Waals surface area (Å²) in [6, 6.07) is 59.8. The Labute approximate surface area is 280 Å². The van der Waals surface area contributed by atoms with Crippen molar-refractivity contribution in [1.82, 2.24) is 4.57 Å². The van der Waals surface area contributed by atoms with E-state index in [9.17, 15) is 0 Å². The zero-order valence-electron chi connectivity index (χ0n) is 26.9. The van der Waals surface area contributed by atoms with Crippen LogP contribution in [0.25, 0.3) is 49.7 Å². The maximum Gasteiger partial charge on any atom is 0.147 e. The fourth-order valence-electron chi connectivity index (χ4n) is 6.71. The summed E-state index contributed by atoms with van der Waals surface area (Å²) >= 11 is 0. The average molecular weight is 623 g/mol. The van der Waals surface area contributed by atoms with E-state index in [1.54, 1.807) is 14.2 Å². The van der Waals surface area contributed by atoms with E-state index in [0.29, 0.717) is 0 Å². The van der Waals surface area contributed by atoms with Crippen molar-refractivity contribution in [1.29, 1.82) is 0 Å². The first-order chi connectivity index (χ1) is 23.7.